The Morgan fingerprint density at radius 2 is 1.32 bits per heavy atom. The lowest BCUT2D eigenvalue weighted by Crippen LogP contribution is -2.43. The summed E-state index contributed by atoms with van der Waals surface area (Å²) in [5.41, 5.74) is -0.225. The van der Waals surface area contributed by atoms with Crippen LogP contribution in [0.25, 0.3) is 0 Å². The van der Waals surface area contributed by atoms with Crippen molar-refractivity contribution in [1.29, 1.82) is 0 Å². The Morgan fingerprint density at radius 1 is 0.857 bits per heavy atom. The lowest BCUT2D eigenvalue weighted by atomic mass is 9.61. The lowest BCUT2D eigenvalue weighted by Gasteiger charge is -2.46. The smallest absolute Gasteiger partial charge is 0.311 e. The maximum absolute atomic E-state index is 13.0. The van der Waals surface area contributed by atoms with E-state index in [0.717, 1.165) is 12.8 Å². The molecular formula is C25H49IO2. The van der Waals surface area contributed by atoms with E-state index in [0.29, 0.717) is 27.6 Å². The Balaban J connectivity index is 5.37. The first-order valence-corrected chi connectivity index (χ1v) is 12.5. The van der Waals surface area contributed by atoms with E-state index < -0.39 is 5.41 Å². The number of hydrogen-bond donors (Lipinski definition) is 0. The maximum atomic E-state index is 13.0. The quantitative estimate of drug-likeness (QED) is 0.160. The molecule has 4 atom stereocenters. The zero-order chi connectivity index (χ0) is 22.7. The molecule has 0 saturated heterocycles. The molecule has 4 unspecified atom stereocenters. The highest BCUT2D eigenvalue weighted by atomic mass is 127. The number of carbonyl (C=O) groups is 1. The summed E-state index contributed by atoms with van der Waals surface area (Å²) in [7, 11) is 0. The van der Waals surface area contributed by atoms with Gasteiger partial charge in [0.25, 0.3) is 0 Å². The maximum Gasteiger partial charge on any atom is 0.311 e. The van der Waals surface area contributed by atoms with Crippen LogP contribution in [-0.2, 0) is 9.53 Å². The predicted molar refractivity (Wildman–Crippen MR) is 132 cm³/mol. The second-order valence-corrected chi connectivity index (χ2v) is 13.7. The standard InChI is InChI=1S/C25H49IO2/c1-16(2)21(20(8)26)25(13,18(5)6)14-19(7)28-22(27)24(11,12)15-23(9,10)17(3)4/h16-21H,14-15H2,1-13H3. The van der Waals surface area contributed by atoms with Gasteiger partial charge < -0.3 is 4.74 Å². The fraction of sp³-hybridized carbons (Fsp3) is 0.960. The minimum atomic E-state index is -0.468. The van der Waals surface area contributed by atoms with E-state index in [2.05, 4.69) is 98.8 Å². The molecule has 0 N–H and O–H groups in total. The van der Waals surface area contributed by atoms with Crippen LogP contribution in [0.15, 0.2) is 0 Å². The lowest BCUT2D eigenvalue weighted by molar-refractivity contribution is -0.163. The summed E-state index contributed by atoms with van der Waals surface area (Å²) in [5.74, 6) is 2.19. The molecule has 0 saturated carbocycles. The van der Waals surface area contributed by atoms with E-state index in [9.17, 15) is 4.79 Å². The first-order valence-electron chi connectivity index (χ1n) is 11.2. The SMILES string of the molecule is CC(CC(C)(C(C)C)C(C(C)C)C(C)I)OC(=O)C(C)(C)CC(C)(C)C(C)C. The molecule has 0 radical (unpaired) electrons. The number of halogens is 1. The van der Waals surface area contributed by atoms with Crippen molar-refractivity contribution in [3.05, 3.63) is 0 Å². The molecule has 0 aliphatic heterocycles. The van der Waals surface area contributed by atoms with Gasteiger partial charge in [-0.15, -0.1) is 0 Å². The van der Waals surface area contributed by atoms with Crippen LogP contribution in [0.4, 0.5) is 0 Å². The summed E-state index contributed by atoms with van der Waals surface area (Å²) < 4.78 is 6.63. The minimum Gasteiger partial charge on any atom is -0.462 e. The van der Waals surface area contributed by atoms with E-state index in [1.807, 2.05) is 13.8 Å². The average molecular weight is 509 g/mol. The Bertz CT molecular complexity index is 483. The van der Waals surface area contributed by atoms with Crippen molar-refractivity contribution in [3.63, 3.8) is 0 Å². The van der Waals surface area contributed by atoms with Gasteiger partial charge in [-0.25, -0.2) is 0 Å². The first kappa shape index (κ1) is 28.2. The van der Waals surface area contributed by atoms with Gasteiger partial charge in [0, 0.05) is 3.92 Å². The molecule has 2 nitrogen and oxygen atoms in total. The van der Waals surface area contributed by atoms with Crippen molar-refractivity contribution >= 4 is 28.6 Å². The number of ether oxygens (including phenoxy) is 1. The molecule has 0 aliphatic rings. The molecule has 0 aliphatic carbocycles. The molecule has 0 amide bonds. The number of alkyl halides is 1. The third-order valence-electron chi connectivity index (χ3n) is 7.34. The van der Waals surface area contributed by atoms with Crippen LogP contribution in [0.3, 0.4) is 0 Å². The summed E-state index contributed by atoms with van der Waals surface area (Å²) in [4.78, 5) is 13.0. The van der Waals surface area contributed by atoms with E-state index >= 15 is 0 Å². The summed E-state index contributed by atoms with van der Waals surface area (Å²) in [5, 5.41) is 0. The number of esters is 1. The van der Waals surface area contributed by atoms with Crippen LogP contribution >= 0.6 is 22.6 Å². The molecular weight excluding hydrogens is 459 g/mol. The van der Waals surface area contributed by atoms with Gasteiger partial charge in [-0.05, 0) is 68.1 Å². The average Bonchev–Trinajstić information content (AvgIpc) is 2.44. The molecule has 0 bridgehead atoms. The molecule has 0 spiro atoms. The summed E-state index contributed by atoms with van der Waals surface area (Å²) in [6, 6.07) is 0. The first-order chi connectivity index (χ1) is 12.4. The topological polar surface area (TPSA) is 26.3 Å². The van der Waals surface area contributed by atoms with E-state index in [-0.39, 0.29) is 22.9 Å². The number of carbonyl (C=O) groups excluding carboxylic acids is 1. The summed E-state index contributed by atoms with van der Waals surface area (Å²) >= 11 is 2.58. The van der Waals surface area contributed by atoms with Crippen molar-refractivity contribution < 1.29 is 9.53 Å². The van der Waals surface area contributed by atoms with Gasteiger partial charge in [-0.1, -0.05) is 91.8 Å². The van der Waals surface area contributed by atoms with Crippen molar-refractivity contribution in [3.8, 4) is 0 Å². The van der Waals surface area contributed by atoms with Crippen LogP contribution in [0.2, 0.25) is 0 Å². The highest BCUT2D eigenvalue weighted by molar-refractivity contribution is 14.1. The fourth-order valence-electron chi connectivity index (χ4n) is 4.99. The molecule has 0 heterocycles. The molecule has 28 heavy (non-hydrogen) atoms. The Kier molecular flexibility index (Phi) is 10.6. The normalized spacial score (nSPS) is 18.9. The Hall–Kier alpha value is 0.200. The van der Waals surface area contributed by atoms with Crippen LogP contribution in [0.1, 0.15) is 103 Å². The molecule has 0 aromatic carbocycles. The van der Waals surface area contributed by atoms with Gasteiger partial charge in [-0.2, -0.15) is 0 Å². The van der Waals surface area contributed by atoms with E-state index in [1.54, 1.807) is 0 Å². The summed E-state index contributed by atoms with van der Waals surface area (Å²) in [6.45, 7) is 29.1. The van der Waals surface area contributed by atoms with Gasteiger partial charge in [-0.3, -0.25) is 4.79 Å². The molecule has 0 aromatic heterocycles. The van der Waals surface area contributed by atoms with Crippen molar-refractivity contribution in [2.75, 3.05) is 0 Å². The molecule has 0 aromatic rings. The van der Waals surface area contributed by atoms with Gasteiger partial charge in [0.15, 0.2) is 0 Å². The minimum absolute atomic E-state index is 0.0524. The monoisotopic (exact) mass is 508 g/mol. The van der Waals surface area contributed by atoms with Crippen LogP contribution < -0.4 is 0 Å². The predicted octanol–water partition coefficient (Wildman–Crippen LogP) is 8.16. The van der Waals surface area contributed by atoms with Crippen molar-refractivity contribution in [2.24, 2.45) is 39.9 Å². The van der Waals surface area contributed by atoms with Gasteiger partial charge >= 0.3 is 5.97 Å². The van der Waals surface area contributed by atoms with Crippen LogP contribution in [0.5, 0.6) is 0 Å². The van der Waals surface area contributed by atoms with Gasteiger partial charge in [0.1, 0.15) is 0 Å². The second-order valence-electron chi connectivity index (χ2n) is 11.7. The zero-order valence-electron chi connectivity index (χ0n) is 21.1. The van der Waals surface area contributed by atoms with Crippen molar-refractivity contribution in [1.82, 2.24) is 0 Å². The highest BCUT2D eigenvalue weighted by Gasteiger charge is 2.43. The second kappa shape index (κ2) is 10.5. The van der Waals surface area contributed by atoms with E-state index in [1.165, 1.54) is 0 Å². The Labute approximate surface area is 190 Å². The number of rotatable bonds is 11. The third kappa shape index (κ3) is 7.47. The Morgan fingerprint density at radius 3 is 1.64 bits per heavy atom. The van der Waals surface area contributed by atoms with Gasteiger partial charge in [0.2, 0.25) is 0 Å². The highest BCUT2D eigenvalue weighted by Crippen LogP contribution is 2.48. The van der Waals surface area contributed by atoms with Crippen LogP contribution in [-0.4, -0.2) is 16.0 Å². The molecule has 0 fully saturated rings. The zero-order valence-corrected chi connectivity index (χ0v) is 23.2. The van der Waals surface area contributed by atoms with Crippen LogP contribution in [0, 0.1) is 39.9 Å². The fourth-order valence-corrected chi connectivity index (χ4v) is 6.64. The molecule has 0 rings (SSSR count). The molecule has 168 valence electrons. The summed E-state index contributed by atoms with van der Waals surface area (Å²) in [6.07, 6.45) is 1.68. The van der Waals surface area contributed by atoms with Gasteiger partial charge in [0.05, 0.1) is 11.5 Å². The van der Waals surface area contributed by atoms with E-state index in [4.69, 9.17) is 4.74 Å². The number of hydrogen-bond acceptors (Lipinski definition) is 2. The third-order valence-corrected chi connectivity index (χ3v) is 8.12. The van der Waals surface area contributed by atoms with Crippen molar-refractivity contribution in [2.45, 2.75) is 113 Å². The molecule has 3 heteroatoms. The largest absolute Gasteiger partial charge is 0.462 e.